The van der Waals surface area contributed by atoms with Gasteiger partial charge in [0.2, 0.25) is 11.8 Å². The van der Waals surface area contributed by atoms with Crippen LogP contribution in [-0.2, 0) is 41.9 Å². The molecular weight excluding hydrogens is 544 g/mol. The van der Waals surface area contributed by atoms with Crippen molar-refractivity contribution in [1.29, 1.82) is 5.26 Å². The van der Waals surface area contributed by atoms with Crippen LogP contribution in [0.1, 0.15) is 61.5 Å². The summed E-state index contributed by atoms with van der Waals surface area (Å²) >= 11 is 2.82. The Bertz CT molecular complexity index is 1400. The van der Waals surface area contributed by atoms with Crippen LogP contribution in [0.15, 0.2) is 29.4 Å². The number of methoxy groups -OCH3 is 1. The van der Waals surface area contributed by atoms with Crippen molar-refractivity contribution in [2.24, 2.45) is 11.3 Å². The molecule has 4 rings (SSSR count). The first-order valence-corrected chi connectivity index (χ1v) is 15.2. The lowest BCUT2D eigenvalue weighted by atomic mass is 9.72. The number of nitrogens with one attached hydrogen (secondary N) is 2. The summed E-state index contributed by atoms with van der Waals surface area (Å²) in [5.41, 5.74) is 2.80. The molecule has 1 aliphatic rings. The SMILES string of the molecule is CCn1c(CNC(=O)Cc2ccc(OC)cc2)nnc1SCC(=O)Nc1sc2c(c1C#N)CC[C@H](C(C)(C)C)C2. The number of thioether (sulfide) groups is 1. The third-order valence-electron chi connectivity index (χ3n) is 7.26. The Balaban J connectivity index is 1.32. The first-order chi connectivity index (χ1) is 19.1. The molecule has 0 fully saturated rings. The Morgan fingerprint density at radius 2 is 1.98 bits per heavy atom. The molecule has 0 bridgehead atoms. The van der Waals surface area contributed by atoms with Crippen molar-refractivity contribution in [3.8, 4) is 11.8 Å². The van der Waals surface area contributed by atoms with E-state index in [-0.39, 0.29) is 35.9 Å². The molecule has 1 aliphatic carbocycles. The summed E-state index contributed by atoms with van der Waals surface area (Å²) in [6.45, 7) is 9.60. The van der Waals surface area contributed by atoms with Crippen molar-refractivity contribution in [2.75, 3.05) is 18.2 Å². The Labute approximate surface area is 243 Å². The van der Waals surface area contributed by atoms with Gasteiger partial charge in [-0.25, -0.2) is 0 Å². The van der Waals surface area contributed by atoms with Crippen LogP contribution < -0.4 is 15.4 Å². The third-order valence-corrected chi connectivity index (χ3v) is 9.40. The lowest BCUT2D eigenvalue weighted by Crippen LogP contribution is -2.26. The molecule has 3 aromatic rings. The van der Waals surface area contributed by atoms with Crippen molar-refractivity contribution >= 4 is 39.9 Å². The quantitative estimate of drug-likeness (QED) is 0.324. The number of anilines is 1. The van der Waals surface area contributed by atoms with Gasteiger partial charge in [-0.2, -0.15) is 5.26 Å². The molecule has 2 aromatic heterocycles. The third kappa shape index (κ3) is 7.04. The monoisotopic (exact) mass is 580 g/mol. The van der Waals surface area contributed by atoms with Gasteiger partial charge in [-0.15, -0.1) is 21.5 Å². The van der Waals surface area contributed by atoms with Crippen LogP contribution in [0.4, 0.5) is 5.00 Å². The average Bonchev–Trinajstić information content (AvgIpc) is 3.49. The fourth-order valence-corrected chi connectivity index (χ4v) is 6.98. The molecule has 11 heteroatoms. The Morgan fingerprint density at radius 1 is 1.23 bits per heavy atom. The van der Waals surface area contributed by atoms with Crippen LogP contribution in [0.2, 0.25) is 0 Å². The number of nitrogens with zero attached hydrogens (tertiary/aromatic N) is 4. The number of amides is 2. The van der Waals surface area contributed by atoms with Gasteiger partial charge in [0.25, 0.3) is 0 Å². The molecule has 0 radical (unpaired) electrons. The van der Waals surface area contributed by atoms with Gasteiger partial charge in [-0.05, 0) is 60.8 Å². The predicted molar refractivity (Wildman–Crippen MR) is 158 cm³/mol. The second-order valence-electron chi connectivity index (χ2n) is 10.9. The Morgan fingerprint density at radius 3 is 2.62 bits per heavy atom. The lowest BCUT2D eigenvalue weighted by Gasteiger charge is -2.33. The topological polar surface area (TPSA) is 122 Å². The molecule has 2 heterocycles. The molecule has 0 saturated carbocycles. The zero-order valence-corrected chi connectivity index (χ0v) is 25.3. The number of fused-ring (bicyclic) bond motifs is 1. The van der Waals surface area contributed by atoms with E-state index in [1.54, 1.807) is 7.11 Å². The van der Waals surface area contributed by atoms with E-state index in [4.69, 9.17) is 4.74 Å². The predicted octanol–water partition coefficient (Wildman–Crippen LogP) is 4.98. The molecule has 0 aliphatic heterocycles. The summed E-state index contributed by atoms with van der Waals surface area (Å²) in [4.78, 5) is 26.5. The highest BCUT2D eigenvalue weighted by Gasteiger charge is 2.32. The highest BCUT2D eigenvalue weighted by molar-refractivity contribution is 7.99. The molecule has 2 N–H and O–H groups in total. The number of hydrogen-bond acceptors (Lipinski definition) is 8. The second-order valence-corrected chi connectivity index (χ2v) is 13.0. The van der Waals surface area contributed by atoms with Crippen molar-refractivity contribution in [3.05, 3.63) is 51.7 Å². The number of aromatic nitrogens is 3. The maximum absolute atomic E-state index is 12.9. The molecule has 0 saturated heterocycles. The van der Waals surface area contributed by atoms with Crippen molar-refractivity contribution < 1.29 is 14.3 Å². The van der Waals surface area contributed by atoms with Crippen LogP contribution in [0, 0.1) is 22.7 Å². The van der Waals surface area contributed by atoms with Gasteiger partial charge in [0.1, 0.15) is 16.8 Å². The summed E-state index contributed by atoms with van der Waals surface area (Å²) in [5, 5.41) is 25.4. The normalized spacial score (nSPS) is 14.8. The molecule has 9 nitrogen and oxygen atoms in total. The van der Waals surface area contributed by atoms with Crippen molar-refractivity contribution in [2.45, 2.75) is 71.6 Å². The number of rotatable bonds is 10. The molecule has 2 amide bonds. The van der Waals surface area contributed by atoms with Crippen LogP contribution in [0.5, 0.6) is 5.75 Å². The van der Waals surface area contributed by atoms with E-state index in [2.05, 4.69) is 47.7 Å². The van der Waals surface area contributed by atoms with Gasteiger partial charge in [-0.3, -0.25) is 9.59 Å². The van der Waals surface area contributed by atoms with Crippen LogP contribution >= 0.6 is 23.1 Å². The smallest absolute Gasteiger partial charge is 0.235 e. The van der Waals surface area contributed by atoms with Crippen molar-refractivity contribution in [1.82, 2.24) is 20.1 Å². The van der Waals surface area contributed by atoms with Gasteiger partial charge in [0.15, 0.2) is 11.0 Å². The number of thiophene rings is 1. The van der Waals surface area contributed by atoms with Crippen LogP contribution in [0.3, 0.4) is 0 Å². The maximum Gasteiger partial charge on any atom is 0.235 e. The van der Waals surface area contributed by atoms with Gasteiger partial charge >= 0.3 is 0 Å². The molecular formula is C29H36N6O3S2. The lowest BCUT2D eigenvalue weighted by molar-refractivity contribution is -0.120. The maximum atomic E-state index is 12.9. The van der Waals surface area contributed by atoms with E-state index < -0.39 is 0 Å². The van der Waals surface area contributed by atoms with Gasteiger partial charge in [0.05, 0.1) is 31.4 Å². The molecule has 212 valence electrons. The number of carbonyl (C=O) groups is 2. The van der Waals surface area contributed by atoms with Crippen LogP contribution in [-0.4, -0.2) is 39.4 Å². The minimum Gasteiger partial charge on any atom is -0.497 e. The first kappa shape index (κ1) is 29.6. The summed E-state index contributed by atoms with van der Waals surface area (Å²) < 4.78 is 7.05. The van der Waals surface area contributed by atoms with E-state index in [9.17, 15) is 14.9 Å². The van der Waals surface area contributed by atoms with Crippen LogP contribution in [0.25, 0.3) is 0 Å². The number of ether oxygens (including phenoxy) is 1. The van der Waals surface area contributed by atoms with E-state index in [1.807, 2.05) is 35.8 Å². The van der Waals surface area contributed by atoms with Gasteiger partial charge in [0, 0.05) is 11.4 Å². The summed E-state index contributed by atoms with van der Waals surface area (Å²) in [7, 11) is 1.60. The Hall–Kier alpha value is -3.36. The highest BCUT2D eigenvalue weighted by Crippen LogP contribution is 2.44. The summed E-state index contributed by atoms with van der Waals surface area (Å²) in [6.07, 6.45) is 3.13. The minimum atomic E-state index is -0.188. The van der Waals surface area contributed by atoms with Crippen molar-refractivity contribution in [3.63, 3.8) is 0 Å². The summed E-state index contributed by atoms with van der Waals surface area (Å²) in [5.74, 6) is 1.76. The molecule has 40 heavy (non-hydrogen) atoms. The number of carbonyl (C=O) groups excluding carboxylic acids is 2. The molecule has 0 spiro atoms. The van der Waals surface area contributed by atoms with Gasteiger partial charge < -0.3 is 19.9 Å². The van der Waals surface area contributed by atoms with E-state index in [1.165, 1.54) is 28.0 Å². The Kier molecular flexibility index (Phi) is 9.53. The minimum absolute atomic E-state index is 0.120. The zero-order valence-electron chi connectivity index (χ0n) is 23.7. The van der Waals surface area contributed by atoms with Gasteiger partial charge in [-0.1, -0.05) is 44.7 Å². The van der Waals surface area contributed by atoms with E-state index in [0.29, 0.717) is 34.0 Å². The number of hydrogen-bond donors (Lipinski definition) is 2. The second kappa shape index (κ2) is 12.9. The van der Waals surface area contributed by atoms with E-state index >= 15 is 0 Å². The molecule has 0 unspecified atom stereocenters. The fraction of sp³-hybridized carbons (Fsp3) is 0.483. The molecule has 1 aromatic carbocycles. The standard InChI is InChI=1S/C29H36N6O3S2/c1-6-35-24(16-31-25(36)13-18-7-10-20(38-5)11-8-18)33-34-28(35)39-17-26(37)32-27-22(15-30)21-12-9-19(29(2,3)4)14-23(21)40-27/h7-8,10-11,19H,6,9,12-14,16-17H2,1-5H3,(H,31,36)(H,32,37)/t19-/m0/s1. The zero-order chi connectivity index (χ0) is 28.9. The van der Waals surface area contributed by atoms with E-state index in [0.717, 1.165) is 36.1 Å². The first-order valence-electron chi connectivity index (χ1n) is 13.4. The fourth-order valence-electron chi connectivity index (χ4n) is 4.87. The molecule has 1 atom stereocenters. The largest absolute Gasteiger partial charge is 0.497 e. The average molecular weight is 581 g/mol. The highest BCUT2D eigenvalue weighted by atomic mass is 32.2. The summed E-state index contributed by atoms with van der Waals surface area (Å²) in [6, 6.07) is 9.70. The number of benzene rings is 1. The number of nitriles is 1.